The van der Waals surface area contributed by atoms with Gasteiger partial charge in [-0.2, -0.15) is 0 Å². The molecular formula is C27H27NO5. The predicted molar refractivity (Wildman–Crippen MR) is 125 cm³/mol. The highest BCUT2D eigenvalue weighted by Crippen LogP contribution is 2.34. The number of nitrogens with zero attached hydrogens (tertiary/aromatic N) is 1. The third kappa shape index (κ3) is 5.52. The second-order valence-electron chi connectivity index (χ2n) is 8.75. The number of hydrogen-bond acceptors (Lipinski definition) is 6. The van der Waals surface area contributed by atoms with Crippen LogP contribution in [-0.4, -0.2) is 22.8 Å². The van der Waals surface area contributed by atoms with Gasteiger partial charge in [0.1, 0.15) is 29.6 Å². The van der Waals surface area contributed by atoms with Crippen LogP contribution in [0, 0.1) is 6.92 Å². The summed E-state index contributed by atoms with van der Waals surface area (Å²) in [6.07, 6.45) is 5.06. The van der Waals surface area contributed by atoms with E-state index in [1.54, 1.807) is 18.7 Å². The van der Waals surface area contributed by atoms with E-state index in [1.165, 1.54) is 0 Å². The fourth-order valence-electron chi connectivity index (χ4n) is 3.51. The van der Waals surface area contributed by atoms with Gasteiger partial charge in [-0.3, -0.25) is 0 Å². The van der Waals surface area contributed by atoms with Crippen molar-refractivity contribution in [1.29, 1.82) is 0 Å². The molecule has 0 spiro atoms. The number of carbonyl (C=O) groups is 1. The van der Waals surface area contributed by atoms with Crippen molar-refractivity contribution in [3.05, 3.63) is 90.1 Å². The quantitative estimate of drug-likeness (QED) is 0.422. The Balaban J connectivity index is 1.56. The number of aromatic nitrogens is 1. The van der Waals surface area contributed by atoms with Gasteiger partial charge in [0.25, 0.3) is 0 Å². The Kier molecular flexibility index (Phi) is 6.36. The van der Waals surface area contributed by atoms with Gasteiger partial charge >= 0.3 is 5.97 Å². The summed E-state index contributed by atoms with van der Waals surface area (Å²) in [5.41, 5.74) is 3.22. The Morgan fingerprint density at radius 2 is 1.67 bits per heavy atom. The molecule has 1 aliphatic heterocycles. The first-order valence-electron chi connectivity index (χ1n) is 10.8. The van der Waals surface area contributed by atoms with E-state index < -0.39 is 11.6 Å². The van der Waals surface area contributed by atoms with Crippen LogP contribution >= 0.6 is 0 Å². The van der Waals surface area contributed by atoms with Crippen LogP contribution in [0.2, 0.25) is 0 Å². The van der Waals surface area contributed by atoms with Crippen molar-refractivity contribution >= 4 is 5.97 Å². The van der Waals surface area contributed by atoms with Gasteiger partial charge < -0.3 is 18.9 Å². The van der Waals surface area contributed by atoms with Crippen LogP contribution < -0.4 is 4.74 Å². The van der Waals surface area contributed by atoms with E-state index in [0.717, 1.165) is 16.7 Å². The van der Waals surface area contributed by atoms with E-state index >= 15 is 0 Å². The summed E-state index contributed by atoms with van der Waals surface area (Å²) in [5.74, 6) is 0.958. The predicted octanol–water partition coefficient (Wildman–Crippen LogP) is 6.19. The Labute approximate surface area is 193 Å². The third-order valence-corrected chi connectivity index (χ3v) is 5.04. The van der Waals surface area contributed by atoms with Gasteiger partial charge in [-0.25, -0.2) is 9.78 Å². The highest BCUT2D eigenvalue weighted by molar-refractivity contribution is 5.96. The first kappa shape index (κ1) is 22.4. The maximum atomic E-state index is 12.8. The molecule has 2 aromatic carbocycles. The average molecular weight is 446 g/mol. The molecule has 0 radical (unpaired) electrons. The second kappa shape index (κ2) is 9.36. The van der Waals surface area contributed by atoms with Crippen molar-refractivity contribution in [2.45, 2.75) is 46.0 Å². The van der Waals surface area contributed by atoms with Crippen molar-refractivity contribution in [3.8, 4) is 22.6 Å². The molecule has 0 aliphatic carbocycles. The molecule has 0 atom stereocenters. The zero-order chi connectivity index (χ0) is 23.4. The largest absolute Gasteiger partial charge is 0.459 e. The molecule has 0 unspecified atom stereocenters. The van der Waals surface area contributed by atoms with Crippen LogP contribution in [0.5, 0.6) is 11.5 Å². The number of rotatable bonds is 6. The fraction of sp³-hybridized carbons (Fsp3) is 0.259. The van der Waals surface area contributed by atoms with Crippen LogP contribution in [0.25, 0.3) is 11.1 Å². The van der Waals surface area contributed by atoms with Gasteiger partial charge in [0, 0.05) is 18.2 Å². The number of ether oxygens (including phenoxy) is 4. The number of esters is 1. The molecule has 1 aromatic heterocycles. The Hall–Kier alpha value is -3.80. The molecule has 0 bridgehead atoms. The zero-order valence-corrected chi connectivity index (χ0v) is 19.2. The summed E-state index contributed by atoms with van der Waals surface area (Å²) in [5, 5.41) is 0. The summed E-state index contributed by atoms with van der Waals surface area (Å²) in [4.78, 5) is 17.1. The Morgan fingerprint density at radius 1 is 0.970 bits per heavy atom. The summed E-state index contributed by atoms with van der Waals surface area (Å²) >= 11 is 0. The topological polar surface area (TPSA) is 66.9 Å². The lowest BCUT2D eigenvalue weighted by Crippen LogP contribution is -2.24. The van der Waals surface area contributed by atoms with E-state index in [9.17, 15) is 4.79 Å². The third-order valence-electron chi connectivity index (χ3n) is 5.04. The fourth-order valence-corrected chi connectivity index (χ4v) is 3.51. The van der Waals surface area contributed by atoms with Crippen LogP contribution in [0.15, 0.2) is 73.3 Å². The molecule has 0 N–H and O–H groups in total. The number of benzene rings is 2. The highest BCUT2D eigenvalue weighted by Gasteiger charge is 2.23. The van der Waals surface area contributed by atoms with Crippen molar-refractivity contribution in [2.75, 3.05) is 0 Å². The lowest BCUT2D eigenvalue weighted by molar-refractivity contribution is -0.0209. The molecule has 1 aliphatic rings. The molecule has 4 rings (SSSR count). The van der Waals surface area contributed by atoms with Crippen molar-refractivity contribution in [2.24, 2.45) is 0 Å². The minimum atomic E-state index is -0.607. The van der Waals surface area contributed by atoms with E-state index in [1.807, 2.05) is 82.3 Å². The van der Waals surface area contributed by atoms with Gasteiger partial charge in [-0.1, -0.05) is 30.3 Å². The SMILES string of the molecule is Cc1c(Oc2ccc(CC3OC=CO3)cc2)cccc1-c1cccnc1C(=O)OC(C)(C)C. The zero-order valence-electron chi connectivity index (χ0n) is 19.2. The lowest BCUT2D eigenvalue weighted by atomic mass is 9.98. The highest BCUT2D eigenvalue weighted by atomic mass is 16.7. The molecule has 33 heavy (non-hydrogen) atoms. The molecule has 3 aromatic rings. The van der Waals surface area contributed by atoms with Gasteiger partial charge in [-0.15, -0.1) is 0 Å². The normalized spacial score (nSPS) is 13.3. The van der Waals surface area contributed by atoms with Crippen LogP contribution in [0.1, 0.15) is 42.4 Å². The minimum absolute atomic E-state index is 0.280. The minimum Gasteiger partial charge on any atom is -0.459 e. The Bertz CT molecular complexity index is 1150. The molecule has 0 saturated carbocycles. The van der Waals surface area contributed by atoms with E-state index in [2.05, 4.69) is 4.98 Å². The molecule has 6 heteroatoms. The summed E-state index contributed by atoms with van der Waals surface area (Å²) in [6, 6.07) is 17.2. The smallest absolute Gasteiger partial charge is 0.358 e. The first-order valence-corrected chi connectivity index (χ1v) is 10.8. The molecule has 6 nitrogen and oxygen atoms in total. The standard InChI is InChI=1S/C27H27NO5/c1-18-21(22-8-6-14-28-25(22)26(29)33-27(2,3)4)7-5-9-23(18)32-20-12-10-19(11-13-20)17-24-30-15-16-31-24/h5-16,24H,17H2,1-4H3. The van der Waals surface area contributed by atoms with Crippen molar-refractivity contribution in [3.63, 3.8) is 0 Å². The summed E-state index contributed by atoms with van der Waals surface area (Å²) < 4.78 is 22.4. The Morgan fingerprint density at radius 3 is 2.36 bits per heavy atom. The first-order chi connectivity index (χ1) is 15.8. The maximum Gasteiger partial charge on any atom is 0.358 e. The molecule has 0 fully saturated rings. The monoisotopic (exact) mass is 445 g/mol. The molecule has 170 valence electrons. The van der Waals surface area contributed by atoms with Crippen molar-refractivity contribution < 1.29 is 23.7 Å². The maximum absolute atomic E-state index is 12.8. The molecule has 0 amide bonds. The van der Waals surface area contributed by atoms with Crippen molar-refractivity contribution in [1.82, 2.24) is 4.98 Å². The number of hydrogen-bond donors (Lipinski definition) is 0. The van der Waals surface area contributed by atoms with Crippen LogP contribution in [-0.2, 0) is 20.6 Å². The van der Waals surface area contributed by atoms with E-state index in [4.69, 9.17) is 18.9 Å². The lowest BCUT2D eigenvalue weighted by Gasteiger charge is -2.20. The van der Waals surface area contributed by atoms with Gasteiger partial charge in [0.15, 0.2) is 5.69 Å². The number of carbonyl (C=O) groups excluding carboxylic acids is 1. The van der Waals surface area contributed by atoms with E-state index in [-0.39, 0.29) is 12.0 Å². The van der Waals surface area contributed by atoms with Crippen LogP contribution in [0.4, 0.5) is 0 Å². The van der Waals surface area contributed by atoms with Gasteiger partial charge in [0.2, 0.25) is 6.29 Å². The molecule has 2 heterocycles. The van der Waals surface area contributed by atoms with Gasteiger partial charge in [0.05, 0.1) is 0 Å². The molecule has 0 saturated heterocycles. The second-order valence-corrected chi connectivity index (χ2v) is 8.75. The summed E-state index contributed by atoms with van der Waals surface area (Å²) in [7, 11) is 0. The van der Waals surface area contributed by atoms with Gasteiger partial charge in [-0.05, 0) is 68.7 Å². The average Bonchev–Trinajstić information content (AvgIpc) is 3.28. The number of pyridine rings is 1. The summed E-state index contributed by atoms with van der Waals surface area (Å²) in [6.45, 7) is 7.47. The van der Waals surface area contributed by atoms with Crippen LogP contribution in [0.3, 0.4) is 0 Å². The molecular weight excluding hydrogens is 418 g/mol. The van der Waals surface area contributed by atoms with E-state index in [0.29, 0.717) is 23.5 Å².